The number of nitrogens with two attached hydrogens (primary N) is 1. The number of ether oxygens (including phenoxy) is 1. The average molecular weight is 262 g/mol. The Morgan fingerprint density at radius 2 is 1.74 bits per heavy atom. The van der Waals surface area contributed by atoms with Gasteiger partial charge in [0.25, 0.3) is 5.69 Å². The van der Waals surface area contributed by atoms with Crippen molar-refractivity contribution in [3.63, 3.8) is 0 Å². The van der Waals surface area contributed by atoms with Crippen LogP contribution in [0.15, 0.2) is 24.3 Å². The fraction of sp³-hybridized carbons (Fsp3) is 0.571. The minimum atomic E-state index is -0.381. The molecule has 2 fully saturated rings. The van der Waals surface area contributed by atoms with E-state index in [9.17, 15) is 10.1 Å². The van der Waals surface area contributed by atoms with Crippen LogP contribution in [-0.4, -0.2) is 18.1 Å². The predicted molar refractivity (Wildman–Crippen MR) is 70.7 cm³/mol. The second kappa shape index (κ2) is 4.28. The highest BCUT2D eigenvalue weighted by molar-refractivity contribution is 5.38. The zero-order valence-corrected chi connectivity index (χ0v) is 10.8. The van der Waals surface area contributed by atoms with E-state index in [2.05, 4.69) is 0 Å². The van der Waals surface area contributed by atoms with E-state index in [-0.39, 0.29) is 16.1 Å². The van der Waals surface area contributed by atoms with Gasteiger partial charge in [-0.15, -0.1) is 0 Å². The number of nitrogens with zero attached hydrogens (tertiary/aromatic N) is 1. The fourth-order valence-electron chi connectivity index (χ4n) is 3.56. The Hall–Kier alpha value is -1.46. The Balaban J connectivity index is 1.74. The molecule has 0 radical (unpaired) electrons. The van der Waals surface area contributed by atoms with E-state index in [4.69, 9.17) is 10.5 Å². The second-order valence-corrected chi connectivity index (χ2v) is 5.93. The van der Waals surface area contributed by atoms with Crippen molar-refractivity contribution in [2.45, 2.75) is 31.2 Å². The molecule has 1 saturated carbocycles. The lowest BCUT2D eigenvalue weighted by atomic mass is 9.52. The molecular weight excluding hydrogens is 244 g/mol. The third-order valence-corrected chi connectivity index (χ3v) is 4.59. The Labute approximate surface area is 111 Å². The number of hydrogen-bond donors (Lipinski definition) is 1. The Morgan fingerprint density at radius 3 is 2.26 bits per heavy atom. The van der Waals surface area contributed by atoms with Crippen LogP contribution >= 0.6 is 0 Å². The van der Waals surface area contributed by atoms with Gasteiger partial charge < -0.3 is 10.5 Å². The van der Waals surface area contributed by atoms with Gasteiger partial charge in [-0.25, -0.2) is 0 Å². The summed E-state index contributed by atoms with van der Waals surface area (Å²) >= 11 is 0. The summed E-state index contributed by atoms with van der Waals surface area (Å²) in [6.45, 7) is 1.66. The topological polar surface area (TPSA) is 78.4 Å². The average Bonchev–Trinajstić information content (AvgIpc) is 2.38. The lowest BCUT2D eigenvalue weighted by Gasteiger charge is -2.56. The van der Waals surface area contributed by atoms with Gasteiger partial charge in [-0.05, 0) is 36.7 Å². The SMILES string of the molecule is NC1(c2ccc([N+](=O)[O-])cc2)CC2(CCOCC2)C1. The zero-order valence-electron chi connectivity index (χ0n) is 10.8. The van der Waals surface area contributed by atoms with Gasteiger partial charge in [0.2, 0.25) is 0 Å². The van der Waals surface area contributed by atoms with Crippen molar-refractivity contribution in [2.24, 2.45) is 11.1 Å². The molecule has 19 heavy (non-hydrogen) atoms. The minimum absolute atomic E-state index is 0.118. The summed E-state index contributed by atoms with van der Waals surface area (Å²) in [7, 11) is 0. The third-order valence-electron chi connectivity index (χ3n) is 4.59. The number of benzene rings is 1. The molecule has 0 aromatic heterocycles. The molecule has 5 heteroatoms. The van der Waals surface area contributed by atoms with E-state index >= 15 is 0 Å². The number of nitro groups is 1. The van der Waals surface area contributed by atoms with Crippen molar-refractivity contribution in [3.8, 4) is 0 Å². The molecule has 0 atom stereocenters. The first-order valence-electron chi connectivity index (χ1n) is 6.65. The van der Waals surface area contributed by atoms with E-state index in [1.165, 1.54) is 0 Å². The second-order valence-electron chi connectivity index (χ2n) is 5.93. The number of hydrogen-bond acceptors (Lipinski definition) is 4. The van der Waals surface area contributed by atoms with E-state index in [1.54, 1.807) is 24.3 Å². The normalized spacial score (nSPS) is 23.8. The summed E-state index contributed by atoms with van der Waals surface area (Å²) in [6.07, 6.45) is 4.08. The van der Waals surface area contributed by atoms with Crippen molar-refractivity contribution in [1.29, 1.82) is 0 Å². The van der Waals surface area contributed by atoms with E-state index in [0.29, 0.717) is 5.41 Å². The van der Waals surface area contributed by atoms with Gasteiger partial charge in [-0.2, -0.15) is 0 Å². The molecule has 1 heterocycles. The van der Waals surface area contributed by atoms with Crippen LogP contribution in [0.25, 0.3) is 0 Å². The molecule has 0 bridgehead atoms. The summed E-state index contributed by atoms with van der Waals surface area (Å²) in [5, 5.41) is 10.6. The molecule has 0 unspecified atom stereocenters. The molecule has 1 aliphatic heterocycles. The first kappa shape index (κ1) is 12.6. The molecule has 0 amide bonds. The third kappa shape index (κ3) is 2.13. The maximum Gasteiger partial charge on any atom is 0.269 e. The van der Waals surface area contributed by atoms with Gasteiger partial charge in [-0.1, -0.05) is 12.1 Å². The van der Waals surface area contributed by atoms with Crippen LogP contribution in [0.1, 0.15) is 31.2 Å². The quantitative estimate of drug-likeness (QED) is 0.655. The van der Waals surface area contributed by atoms with Crippen LogP contribution in [0, 0.1) is 15.5 Å². The van der Waals surface area contributed by atoms with Gasteiger partial charge in [-0.3, -0.25) is 10.1 Å². The zero-order chi connectivity index (χ0) is 13.5. The first-order chi connectivity index (χ1) is 9.03. The summed E-state index contributed by atoms with van der Waals surface area (Å²) in [6, 6.07) is 6.67. The first-order valence-corrected chi connectivity index (χ1v) is 6.65. The number of non-ortho nitro benzene ring substituents is 1. The standard InChI is InChI=1S/C14H18N2O3/c15-14(9-13(10-14)5-7-19-8-6-13)11-1-3-12(4-2-11)16(17)18/h1-4H,5-10,15H2. The molecule has 3 rings (SSSR count). The van der Waals surface area contributed by atoms with E-state index in [0.717, 1.165) is 44.5 Å². The van der Waals surface area contributed by atoms with Crippen molar-refractivity contribution in [2.75, 3.05) is 13.2 Å². The smallest absolute Gasteiger partial charge is 0.269 e. The maximum atomic E-state index is 10.6. The lowest BCUT2D eigenvalue weighted by molar-refractivity contribution is -0.384. The Bertz CT molecular complexity index is 484. The highest BCUT2D eigenvalue weighted by Gasteiger charge is 2.53. The largest absolute Gasteiger partial charge is 0.381 e. The van der Waals surface area contributed by atoms with Gasteiger partial charge in [0.15, 0.2) is 0 Å². The van der Waals surface area contributed by atoms with Gasteiger partial charge in [0.05, 0.1) is 4.92 Å². The summed E-state index contributed by atoms with van der Waals surface area (Å²) in [4.78, 5) is 10.3. The van der Waals surface area contributed by atoms with Gasteiger partial charge in [0.1, 0.15) is 0 Å². The van der Waals surface area contributed by atoms with Gasteiger partial charge in [0, 0.05) is 30.9 Å². The molecule has 1 aliphatic carbocycles. The molecular formula is C14H18N2O3. The lowest BCUT2D eigenvalue weighted by Crippen LogP contribution is -2.57. The fourth-order valence-corrected chi connectivity index (χ4v) is 3.56. The highest BCUT2D eigenvalue weighted by atomic mass is 16.6. The summed E-state index contributed by atoms with van der Waals surface area (Å²) in [5.41, 5.74) is 7.60. The monoisotopic (exact) mass is 262 g/mol. The van der Waals surface area contributed by atoms with E-state index < -0.39 is 0 Å². The molecule has 2 N–H and O–H groups in total. The number of rotatable bonds is 2. The van der Waals surface area contributed by atoms with Gasteiger partial charge >= 0.3 is 0 Å². The molecule has 1 spiro atoms. The van der Waals surface area contributed by atoms with Crippen LogP contribution in [-0.2, 0) is 10.3 Å². The number of nitro benzene ring substituents is 1. The molecule has 2 aliphatic rings. The van der Waals surface area contributed by atoms with Crippen molar-refractivity contribution >= 4 is 5.69 Å². The minimum Gasteiger partial charge on any atom is -0.381 e. The molecule has 1 saturated heterocycles. The van der Waals surface area contributed by atoms with Crippen LogP contribution in [0.5, 0.6) is 0 Å². The van der Waals surface area contributed by atoms with Crippen LogP contribution in [0.3, 0.4) is 0 Å². The van der Waals surface area contributed by atoms with Crippen molar-refractivity contribution in [1.82, 2.24) is 0 Å². The van der Waals surface area contributed by atoms with Crippen LogP contribution < -0.4 is 5.73 Å². The van der Waals surface area contributed by atoms with Crippen molar-refractivity contribution in [3.05, 3.63) is 39.9 Å². The Morgan fingerprint density at radius 1 is 1.16 bits per heavy atom. The summed E-state index contributed by atoms with van der Waals surface area (Å²) in [5.74, 6) is 0. The van der Waals surface area contributed by atoms with Crippen LogP contribution in [0.4, 0.5) is 5.69 Å². The molecule has 1 aromatic rings. The molecule has 102 valence electrons. The predicted octanol–water partition coefficient (Wildman–Crippen LogP) is 2.34. The van der Waals surface area contributed by atoms with Crippen molar-refractivity contribution < 1.29 is 9.66 Å². The molecule has 5 nitrogen and oxygen atoms in total. The van der Waals surface area contributed by atoms with E-state index in [1.807, 2.05) is 0 Å². The highest BCUT2D eigenvalue weighted by Crippen LogP contribution is 2.57. The van der Waals surface area contributed by atoms with Crippen LogP contribution in [0.2, 0.25) is 0 Å². The molecule has 1 aromatic carbocycles. The summed E-state index contributed by atoms with van der Waals surface area (Å²) < 4.78 is 5.40. The Kier molecular flexibility index (Phi) is 2.83. The maximum absolute atomic E-state index is 10.6.